The van der Waals surface area contributed by atoms with E-state index in [2.05, 4.69) is 69.2 Å². The summed E-state index contributed by atoms with van der Waals surface area (Å²) in [5, 5.41) is 0. The zero-order valence-electron chi connectivity index (χ0n) is 12.3. The van der Waals surface area contributed by atoms with Gasteiger partial charge in [-0.3, -0.25) is 0 Å². The third-order valence-electron chi connectivity index (χ3n) is 3.14. The Labute approximate surface area is 111 Å². The molecule has 1 aromatic rings. The monoisotopic (exact) mass is 250 g/mol. The minimum atomic E-state index is 0.561. The molecule has 1 aromatic carbocycles. The predicted octanol–water partition coefficient (Wildman–Crippen LogP) is 2.12. The Morgan fingerprint density at radius 3 is 2.17 bits per heavy atom. The molecule has 0 bridgehead atoms. The minimum Gasteiger partial charge on any atom is -0.492 e. The number of benzene rings is 1. The summed E-state index contributed by atoms with van der Waals surface area (Å²) in [6.07, 6.45) is 1.07. The van der Waals surface area contributed by atoms with Gasteiger partial charge in [-0.2, -0.15) is 0 Å². The van der Waals surface area contributed by atoms with Crippen molar-refractivity contribution < 1.29 is 4.74 Å². The van der Waals surface area contributed by atoms with Crippen LogP contribution in [-0.4, -0.2) is 57.2 Å². The molecule has 0 N–H and O–H groups in total. The summed E-state index contributed by atoms with van der Waals surface area (Å²) in [5.74, 6) is 0.957. The summed E-state index contributed by atoms with van der Waals surface area (Å²) in [4.78, 5) is 4.36. The van der Waals surface area contributed by atoms with Gasteiger partial charge in [-0.1, -0.05) is 12.1 Å². The fraction of sp³-hybridized carbons (Fsp3) is 0.600. The van der Waals surface area contributed by atoms with Crippen molar-refractivity contribution in [3.05, 3.63) is 29.8 Å². The number of hydrogen-bond acceptors (Lipinski definition) is 3. The van der Waals surface area contributed by atoms with Crippen molar-refractivity contribution in [3.8, 4) is 5.75 Å². The number of ether oxygens (including phenoxy) is 1. The van der Waals surface area contributed by atoms with Crippen LogP contribution in [0, 0.1) is 0 Å². The Bertz CT molecular complexity index is 333. The molecule has 1 atom stereocenters. The van der Waals surface area contributed by atoms with Gasteiger partial charge in [-0.15, -0.1) is 0 Å². The summed E-state index contributed by atoms with van der Waals surface area (Å²) < 4.78 is 5.67. The molecule has 0 spiro atoms. The van der Waals surface area contributed by atoms with Crippen LogP contribution in [0.4, 0.5) is 0 Å². The maximum atomic E-state index is 5.67. The summed E-state index contributed by atoms with van der Waals surface area (Å²) in [5.41, 5.74) is 1.36. The van der Waals surface area contributed by atoms with E-state index < -0.39 is 0 Å². The van der Waals surface area contributed by atoms with E-state index in [0.29, 0.717) is 6.04 Å². The highest BCUT2D eigenvalue weighted by atomic mass is 16.5. The zero-order chi connectivity index (χ0) is 13.5. The highest BCUT2D eigenvalue weighted by molar-refractivity contribution is 5.27. The first kappa shape index (κ1) is 15.0. The Morgan fingerprint density at radius 2 is 1.67 bits per heavy atom. The Hall–Kier alpha value is -1.06. The Balaban J connectivity index is 2.42. The third kappa shape index (κ3) is 5.52. The van der Waals surface area contributed by atoms with E-state index >= 15 is 0 Å². The second kappa shape index (κ2) is 7.39. The first-order valence-corrected chi connectivity index (χ1v) is 6.52. The molecule has 0 fully saturated rings. The van der Waals surface area contributed by atoms with Crippen LogP contribution < -0.4 is 4.74 Å². The lowest BCUT2D eigenvalue weighted by atomic mass is 10.1. The van der Waals surface area contributed by atoms with E-state index in [0.717, 1.165) is 25.3 Å². The molecular weight excluding hydrogens is 224 g/mol. The van der Waals surface area contributed by atoms with Gasteiger partial charge in [0.2, 0.25) is 0 Å². The van der Waals surface area contributed by atoms with Crippen molar-refractivity contribution in [3.63, 3.8) is 0 Å². The number of likely N-dealkylation sites (N-methyl/N-ethyl adjacent to an activating group) is 2. The van der Waals surface area contributed by atoms with E-state index in [-0.39, 0.29) is 0 Å². The lowest BCUT2D eigenvalue weighted by molar-refractivity contribution is 0.261. The second-order valence-corrected chi connectivity index (χ2v) is 5.31. The average molecular weight is 250 g/mol. The van der Waals surface area contributed by atoms with Crippen LogP contribution in [0.3, 0.4) is 0 Å². The smallest absolute Gasteiger partial charge is 0.119 e. The van der Waals surface area contributed by atoms with Gasteiger partial charge in [0.1, 0.15) is 12.4 Å². The number of nitrogens with zero attached hydrogens (tertiary/aromatic N) is 2. The van der Waals surface area contributed by atoms with Crippen LogP contribution >= 0.6 is 0 Å². The van der Waals surface area contributed by atoms with Gasteiger partial charge < -0.3 is 14.5 Å². The van der Waals surface area contributed by atoms with Gasteiger partial charge in [0.05, 0.1) is 0 Å². The highest BCUT2D eigenvalue weighted by Gasteiger charge is 2.05. The molecule has 0 radical (unpaired) electrons. The average Bonchev–Trinajstić information content (AvgIpc) is 2.30. The minimum absolute atomic E-state index is 0.561. The molecule has 0 heterocycles. The van der Waals surface area contributed by atoms with Crippen LogP contribution in [0.5, 0.6) is 5.75 Å². The zero-order valence-corrected chi connectivity index (χ0v) is 12.3. The van der Waals surface area contributed by atoms with Crippen LogP contribution in [0.1, 0.15) is 12.5 Å². The highest BCUT2D eigenvalue weighted by Crippen LogP contribution is 2.14. The fourth-order valence-corrected chi connectivity index (χ4v) is 1.59. The molecule has 3 heteroatoms. The summed E-state index contributed by atoms with van der Waals surface area (Å²) in [6, 6.07) is 9.00. The molecule has 0 aliphatic rings. The summed E-state index contributed by atoms with van der Waals surface area (Å²) in [6.45, 7) is 3.92. The Kier molecular flexibility index (Phi) is 6.16. The normalized spacial score (nSPS) is 13.1. The summed E-state index contributed by atoms with van der Waals surface area (Å²) in [7, 11) is 8.33. The maximum absolute atomic E-state index is 5.67. The van der Waals surface area contributed by atoms with Crippen LogP contribution in [0.15, 0.2) is 24.3 Å². The lowest BCUT2D eigenvalue weighted by Gasteiger charge is -2.19. The van der Waals surface area contributed by atoms with Gasteiger partial charge in [-0.25, -0.2) is 0 Å². The number of hydrogen-bond donors (Lipinski definition) is 0. The van der Waals surface area contributed by atoms with Crippen molar-refractivity contribution in [2.75, 3.05) is 41.3 Å². The molecule has 0 amide bonds. The molecule has 0 aliphatic carbocycles. The van der Waals surface area contributed by atoms with Crippen LogP contribution in [-0.2, 0) is 6.42 Å². The van der Waals surface area contributed by atoms with Crippen LogP contribution in [0.25, 0.3) is 0 Å². The van der Waals surface area contributed by atoms with E-state index in [9.17, 15) is 0 Å². The fourth-order valence-electron chi connectivity index (χ4n) is 1.59. The molecule has 18 heavy (non-hydrogen) atoms. The van der Waals surface area contributed by atoms with E-state index in [1.165, 1.54) is 5.56 Å². The van der Waals surface area contributed by atoms with Crippen molar-refractivity contribution in [1.29, 1.82) is 0 Å². The van der Waals surface area contributed by atoms with Gasteiger partial charge >= 0.3 is 0 Å². The van der Waals surface area contributed by atoms with Crippen molar-refractivity contribution in [2.24, 2.45) is 0 Å². The largest absolute Gasteiger partial charge is 0.492 e. The van der Waals surface area contributed by atoms with E-state index in [4.69, 9.17) is 4.74 Å². The first-order chi connectivity index (χ1) is 8.49. The maximum Gasteiger partial charge on any atom is 0.119 e. The number of rotatable bonds is 7. The quantitative estimate of drug-likeness (QED) is 0.737. The van der Waals surface area contributed by atoms with Crippen LogP contribution in [0.2, 0.25) is 0 Å². The Morgan fingerprint density at radius 1 is 1.06 bits per heavy atom. The summed E-state index contributed by atoms with van der Waals surface area (Å²) >= 11 is 0. The predicted molar refractivity (Wildman–Crippen MR) is 77.3 cm³/mol. The molecule has 102 valence electrons. The standard InChI is InChI=1S/C15H26N2O/c1-13(17(4)5)12-14-6-8-15(9-7-14)18-11-10-16(2)3/h6-9,13H,10-12H2,1-5H3. The molecule has 3 nitrogen and oxygen atoms in total. The molecule has 0 aromatic heterocycles. The van der Waals surface area contributed by atoms with Gasteiger partial charge in [0.25, 0.3) is 0 Å². The SMILES string of the molecule is CC(Cc1ccc(OCCN(C)C)cc1)N(C)C. The molecule has 0 aliphatic heterocycles. The lowest BCUT2D eigenvalue weighted by Crippen LogP contribution is -2.26. The molecule has 0 saturated carbocycles. The molecular formula is C15H26N2O. The van der Waals surface area contributed by atoms with Crippen molar-refractivity contribution >= 4 is 0 Å². The molecule has 1 rings (SSSR count). The van der Waals surface area contributed by atoms with Crippen molar-refractivity contribution in [2.45, 2.75) is 19.4 Å². The van der Waals surface area contributed by atoms with Gasteiger partial charge in [0.15, 0.2) is 0 Å². The van der Waals surface area contributed by atoms with Crippen molar-refractivity contribution in [1.82, 2.24) is 9.80 Å². The topological polar surface area (TPSA) is 15.7 Å². The van der Waals surface area contributed by atoms with Gasteiger partial charge in [0, 0.05) is 12.6 Å². The third-order valence-corrected chi connectivity index (χ3v) is 3.14. The molecule has 1 unspecified atom stereocenters. The molecule has 0 saturated heterocycles. The van der Waals surface area contributed by atoms with E-state index in [1.807, 2.05) is 0 Å². The first-order valence-electron chi connectivity index (χ1n) is 6.52. The van der Waals surface area contributed by atoms with E-state index in [1.54, 1.807) is 0 Å². The second-order valence-electron chi connectivity index (χ2n) is 5.31. The van der Waals surface area contributed by atoms with Gasteiger partial charge in [-0.05, 0) is 59.2 Å².